The number of hydrogen-bond donors (Lipinski definition) is 4. The van der Waals surface area contributed by atoms with Gasteiger partial charge in [-0.15, -0.1) is 0 Å². The number of ketones is 3. The number of allylic oxidation sites excluding steroid dienone is 1. The lowest BCUT2D eigenvalue weighted by Gasteiger charge is -2.41. The molecule has 0 spiro atoms. The predicted molar refractivity (Wildman–Crippen MR) is 93.7 cm³/mol. The molecule has 2 aromatic rings. The Morgan fingerprint density at radius 1 is 1.11 bits per heavy atom. The van der Waals surface area contributed by atoms with Gasteiger partial charge in [0.25, 0.3) is 0 Å². The normalized spacial score (nSPS) is 24.7. The van der Waals surface area contributed by atoms with E-state index in [-0.39, 0.29) is 29.5 Å². The average Bonchev–Trinajstić information content (AvgIpc) is 2.57. The number of carbonyl (C=O) groups excluding carboxylic acids is 3. The van der Waals surface area contributed by atoms with Gasteiger partial charge in [0.2, 0.25) is 11.6 Å². The van der Waals surface area contributed by atoms with E-state index in [2.05, 4.69) is 0 Å². The van der Waals surface area contributed by atoms with Crippen LogP contribution in [0.4, 0.5) is 0 Å². The van der Waals surface area contributed by atoms with Crippen molar-refractivity contribution < 1.29 is 34.8 Å². The molecule has 0 radical (unpaired) electrons. The van der Waals surface area contributed by atoms with Crippen LogP contribution in [0.25, 0.3) is 10.8 Å². The van der Waals surface area contributed by atoms with Crippen LogP contribution < -0.4 is 0 Å². The number of aliphatic hydroxyl groups excluding tert-OH is 1. The molecule has 0 heterocycles. The number of aliphatic hydroxyl groups is 2. The van der Waals surface area contributed by atoms with Gasteiger partial charge < -0.3 is 20.4 Å². The number of carbonyl (C=O) groups is 3. The lowest BCUT2D eigenvalue weighted by Crippen LogP contribution is -2.59. The number of hydrogen-bond acceptors (Lipinski definition) is 7. The molecule has 2 aliphatic carbocycles. The average molecular weight is 368 g/mol. The number of rotatable bonds is 1. The van der Waals surface area contributed by atoms with Crippen molar-refractivity contribution in [2.75, 3.05) is 0 Å². The fourth-order valence-corrected chi connectivity index (χ4v) is 4.20. The van der Waals surface area contributed by atoms with Crippen molar-refractivity contribution in [1.29, 1.82) is 0 Å². The Hall–Kier alpha value is -3.19. The van der Waals surface area contributed by atoms with E-state index in [1.54, 1.807) is 18.2 Å². The Balaban J connectivity index is 1.98. The van der Waals surface area contributed by atoms with Crippen molar-refractivity contribution >= 4 is 28.1 Å². The Bertz CT molecular complexity index is 1100. The largest absolute Gasteiger partial charge is 0.511 e. The SMILES string of the molecule is CC(=O)C1=C(O)CC2Cc3cc4cccc(O)c4c(O)c3C(=O)[C@]2(O)C1=O. The van der Waals surface area contributed by atoms with Crippen LogP contribution in [0.1, 0.15) is 29.3 Å². The molecule has 7 heteroatoms. The summed E-state index contributed by atoms with van der Waals surface area (Å²) in [5.74, 6) is -5.10. The highest BCUT2D eigenvalue weighted by Gasteiger charge is 2.59. The van der Waals surface area contributed by atoms with E-state index < -0.39 is 46.0 Å². The second-order valence-corrected chi connectivity index (χ2v) is 7.04. The fourth-order valence-electron chi connectivity index (χ4n) is 4.20. The summed E-state index contributed by atoms with van der Waals surface area (Å²) in [6.07, 6.45) is -0.168. The van der Waals surface area contributed by atoms with E-state index in [0.717, 1.165) is 6.92 Å². The van der Waals surface area contributed by atoms with Crippen molar-refractivity contribution in [3.8, 4) is 11.5 Å². The molecule has 0 bridgehead atoms. The maximum Gasteiger partial charge on any atom is 0.209 e. The van der Waals surface area contributed by atoms with E-state index >= 15 is 0 Å². The first kappa shape index (κ1) is 17.2. The summed E-state index contributed by atoms with van der Waals surface area (Å²) in [6, 6.07) is 6.19. The van der Waals surface area contributed by atoms with Crippen molar-refractivity contribution in [2.45, 2.75) is 25.4 Å². The van der Waals surface area contributed by atoms with Gasteiger partial charge in [0.15, 0.2) is 11.4 Å². The molecule has 0 fully saturated rings. The van der Waals surface area contributed by atoms with Gasteiger partial charge in [-0.1, -0.05) is 18.2 Å². The van der Waals surface area contributed by atoms with Crippen LogP contribution in [0.15, 0.2) is 35.6 Å². The van der Waals surface area contributed by atoms with Crippen LogP contribution in [0.5, 0.6) is 11.5 Å². The van der Waals surface area contributed by atoms with E-state index in [0.29, 0.717) is 10.9 Å². The van der Waals surface area contributed by atoms with E-state index in [4.69, 9.17) is 0 Å². The van der Waals surface area contributed by atoms with Crippen molar-refractivity contribution in [2.24, 2.45) is 5.92 Å². The lowest BCUT2D eigenvalue weighted by atomic mass is 9.63. The maximum absolute atomic E-state index is 13.1. The van der Waals surface area contributed by atoms with Crippen LogP contribution in [0.2, 0.25) is 0 Å². The first-order valence-corrected chi connectivity index (χ1v) is 8.39. The first-order chi connectivity index (χ1) is 12.7. The zero-order valence-corrected chi connectivity index (χ0v) is 14.3. The van der Waals surface area contributed by atoms with Crippen LogP contribution in [0.3, 0.4) is 0 Å². The summed E-state index contributed by atoms with van der Waals surface area (Å²) in [5.41, 5.74) is -2.98. The summed E-state index contributed by atoms with van der Waals surface area (Å²) in [6.45, 7) is 1.07. The highest BCUT2D eigenvalue weighted by atomic mass is 16.3. The maximum atomic E-state index is 13.1. The van der Waals surface area contributed by atoms with E-state index in [1.165, 1.54) is 6.07 Å². The number of phenolic OH excluding ortho intramolecular Hbond substituents is 2. The number of benzene rings is 2. The molecule has 0 aliphatic heterocycles. The first-order valence-electron chi connectivity index (χ1n) is 8.39. The van der Waals surface area contributed by atoms with Gasteiger partial charge in [0.1, 0.15) is 22.8 Å². The van der Waals surface area contributed by atoms with Crippen molar-refractivity contribution in [1.82, 2.24) is 0 Å². The van der Waals surface area contributed by atoms with E-state index in [9.17, 15) is 34.8 Å². The summed E-state index contributed by atoms with van der Waals surface area (Å²) >= 11 is 0. The van der Waals surface area contributed by atoms with Gasteiger partial charge in [0, 0.05) is 12.3 Å². The van der Waals surface area contributed by atoms with Crippen molar-refractivity contribution in [3.05, 3.63) is 46.7 Å². The van der Waals surface area contributed by atoms with Crippen LogP contribution in [0, 0.1) is 5.92 Å². The Labute approximate surface area is 153 Å². The number of phenols is 2. The molecule has 7 nitrogen and oxygen atoms in total. The second-order valence-electron chi connectivity index (χ2n) is 7.04. The summed E-state index contributed by atoms with van der Waals surface area (Å²) in [5, 5.41) is 42.3. The minimum Gasteiger partial charge on any atom is -0.511 e. The monoisotopic (exact) mass is 368 g/mol. The smallest absolute Gasteiger partial charge is 0.209 e. The summed E-state index contributed by atoms with van der Waals surface area (Å²) < 4.78 is 0. The molecule has 0 saturated carbocycles. The minimum atomic E-state index is -2.55. The molecule has 0 saturated heterocycles. The molecule has 4 N–H and O–H groups in total. The Morgan fingerprint density at radius 3 is 2.48 bits per heavy atom. The third-order valence-corrected chi connectivity index (χ3v) is 5.48. The zero-order chi connectivity index (χ0) is 19.7. The van der Waals surface area contributed by atoms with Crippen molar-refractivity contribution in [3.63, 3.8) is 0 Å². The molecule has 2 aliphatic rings. The third-order valence-electron chi connectivity index (χ3n) is 5.48. The lowest BCUT2D eigenvalue weighted by molar-refractivity contribution is -0.137. The molecular formula is C20H16O7. The molecule has 1 unspecified atom stereocenters. The molecule has 2 atom stereocenters. The number of fused-ring (bicyclic) bond motifs is 3. The van der Waals surface area contributed by atoms with Gasteiger partial charge in [-0.2, -0.15) is 0 Å². The molecule has 4 rings (SSSR count). The van der Waals surface area contributed by atoms with Gasteiger partial charge in [0.05, 0.1) is 10.9 Å². The summed E-state index contributed by atoms with van der Waals surface area (Å²) in [4.78, 5) is 37.6. The Morgan fingerprint density at radius 2 is 1.81 bits per heavy atom. The quantitative estimate of drug-likeness (QED) is 0.445. The van der Waals surface area contributed by atoms with E-state index in [1.807, 2.05) is 0 Å². The third kappa shape index (κ3) is 2.09. The fraction of sp³-hybridized carbons (Fsp3) is 0.250. The van der Waals surface area contributed by atoms with Gasteiger partial charge in [-0.05, 0) is 30.4 Å². The predicted octanol–water partition coefficient (Wildman–Crippen LogP) is 1.71. The molecular weight excluding hydrogens is 352 g/mol. The standard InChI is InChI=1S/C20H16O7/c1-8(21)14-13(23)7-11-6-10-5-9-3-2-4-12(22)15(9)17(24)16(10)19(26)20(11,27)18(14)25/h2-5,11,22-24,27H,6-7H2,1H3/t11?,20-/m1/s1. The molecule has 27 heavy (non-hydrogen) atoms. The second kappa shape index (κ2) is 5.40. The number of aromatic hydroxyl groups is 2. The molecule has 138 valence electrons. The van der Waals surface area contributed by atoms with Gasteiger partial charge in [-0.3, -0.25) is 14.4 Å². The number of Topliss-reactive ketones (excluding diaryl/α,β-unsaturated/α-hetero) is 3. The van der Waals surface area contributed by atoms with Crippen LogP contribution in [-0.4, -0.2) is 43.4 Å². The zero-order valence-electron chi connectivity index (χ0n) is 14.3. The minimum absolute atomic E-state index is 0.0394. The molecule has 0 amide bonds. The summed E-state index contributed by atoms with van der Waals surface area (Å²) in [7, 11) is 0. The molecule has 0 aromatic heterocycles. The highest BCUT2D eigenvalue weighted by molar-refractivity contribution is 6.33. The Kier molecular flexibility index (Phi) is 3.45. The van der Waals surface area contributed by atoms with Gasteiger partial charge >= 0.3 is 0 Å². The highest BCUT2D eigenvalue weighted by Crippen LogP contribution is 2.47. The molecule has 2 aromatic carbocycles. The van der Waals surface area contributed by atoms with Crippen LogP contribution in [-0.2, 0) is 16.0 Å². The van der Waals surface area contributed by atoms with Gasteiger partial charge in [-0.25, -0.2) is 0 Å². The topological polar surface area (TPSA) is 132 Å². The van der Waals surface area contributed by atoms with Crippen LogP contribution >= 0.6 is 0 Å².